The van der Waals surface area contributed by atoms with E-state index in [4.69, 9.17) is 5.11 Å². The number of alkyl halides is 3. The first-order valence-electron chi connectivity index (χ1n) is 4.78. The fourth-order valence-electron chi connectivity index (χ4n) is 1.45. The van der Waals surface area contributed by atoms with Gasteiger partial charge in [-0.3, -0.25) is 0 Å². The number of carboxylic acid groups (broad SMARTS) is 1. The molecule has 2 heterocycles. The third-order valence-electron chi connectivity index (χ3n) is 2.12. The Kier molecular flexibility index (Phi) is 3.20. The molecule has 0 aromatic carbocycles. The number of rotatable bonds is 3. The van der Waals surface area contributed by atoms with Crippen molar-refractivity contribution in [2.24, 2.45) is 0 Å². The van der Waals surface area contributed by atoms with Crippen LogP contribution >= 0.6 is 11.8 Å². The Morgan fingerprint density at radius 2 is 2.22 bits per heavy atom. The predicted octanol–water partition coefficient (Wildman–Crippen LogP) is 2.92. The van der Waals surface area contributed by atoms with Gasteiger partial charge in [0.2, 0.25) is 0 Å². The van der Waals surface area contributed by atoms with Crippen LogP contribution in [-0.2, 0) is 0 Å². The molecule has 0 radical (unpaired) electrons. The highest BCUT2D eigenvalue weighted by atomic mass is 32.2. The maximum absolute atomic E-state index is 12.2. The molecule has 8 heteroatoms. The number of aromatic amines is 1. The van der Waals surface area contributed by atoms with E-state index in [1.165, 1.54) is 12.3 Å². The number of hydrogen-bond acceptors (Lipinski definition) is 3. The summed E-state index contributed by atoms with van der Waals surface area (Å²) in [5, 5.41) is 9.32. The molecule has 0 unspecified atom stereocenters. The van der Waals surface area contributed by atoms with Crippen molar-refractivity contribution in [1.82, 2.24) is 9.97 Å². The molecule has 0 saturated heterocycles. The molecule has 0 spiro atoms. The SMILES string of the molecule is O=C(O)c1[nH]c2ncccc2c1SCC(F)(F)F. The van der Waals surface area contributed by atoms with Gasteiger partial charge in [-0.1, -0.05) is 0 Å². The molecule has 0 aliphatic heterocycles. The number of halogens is 3. The van der Waals surface area contributed by atoms with Crippen molar-refractivity contribution in [2.75, 3.05) is 5.75 Å². The van der Waals surface area contributed by atoms with Crippen molar-refractivity contribution in [3.63, 3.8) is 0 Å². The van der Waals surface area contributed by atoms with E-state index in [1.807, 2.05) is 0 Å². The number of aromatic nitrogens is 2. The van der Waals surface area contributed by atoms with Crippen LogP contribution in [0.15, 0.2) is 23.2 Å². The summed E-state index contributed by atoms with van der Waals surface area (Å²) < 4.78 is 36.6. The molecule has 0 fully saturated rings. The zero-order valence-electron chi connectivity index (χ0n) is 8.78. The Balaban J connectivity index is 2.45. The number of nitrogens with zero attached hydrogens (tertiary/aromatic N) is 1. The van der Waals surface area contributed by atoms with Gasteiger partial charge in [0.15, 0.2) is 0 Å². The highest BCUT2D eigenvalue weighted by molar-refractivity contribution is 7.99. The van der Waals surface area contributed by atoms with E-state index in [9.17, 15) is 18.0 Å². The first kappa shape index (κ1) is 12.7. The molecule has 18 heavy (non-hydrogen) atoms. The molecule has 0 saturated carbocycles. The zero-order valence-corrected chi connectivity index (χ0v) is 9.60. The van der Waals surface area contributed by atoms with Gasteiger partial charge in [0.05, 0.1) is 5.75 Å². The van der Waals surface area contributed by atoms with Gasteiger partial charge in [-0.25, -0.2) is 9.78 Å². The normalized spacial score (nSPS) is 11.9. The molecular formula is C10H7F3N2O2S. The topological polar surface area (TPSA) is 66.0 Å². The van der Waals surface area contributed by atoms with Gasteiger partial charge in [-0.05, 0) is 12.1 Å². The van der Waals surface area contributed by atoms with E-state index in [1.54, 1.807) is 6.07 Å². The molecule has 0 bridgehead atoms. The molecule has 2 aromatic rings. The van der Waals surface area contributed by atoms with E-state index < -0.39 is 17.9 Å². The Labute approximate surface area is 103 Å². The van der Waals surface area contributed by atoms with Gasteiger partial charge in [0.1, 0.15) is 11.3 Å². The maximum Gasteiger partial charge on any atom is 0.398 e. The minimum Gasteiger partial charge on any atom is -0.477 e. The van der Waals surface area contributed by atoms with Crippen LogP contribution in [0.3, 0.4) is 0 Å². The van der Waals surface area contributed by atoms with Crippen LogP contribution in [0, 0.1) is 0 Å². The van der Waals surface area contributed by atoms with Crippen LogP contribution < -0.4 is 0 Å². The van der Waals surface area contributed by atoms with Gasteiger partial charge in [0, 0.05) is 16.5 Å². The monoisotopic (exact) mass is 276 g/mol. The number of pyridine rings is 1. The van der Waals surface area contributed by atoms with Crippen molar-refractivity contribution in [2.45, 2.75) is 11.1 Å². The summed E-state index contributed by atoms with van der Waals surface area (Å²) in [6.45, 7) is 0. The third kappa shape index (κ3) is 2.58. The van der Waals surface area contributed by atoms with Crippen molar-refractivity contribution in [3.8, 4) is 0 Å². The summed E-state index contributed by atoms with van der Waals surface area (Å²) in [5.74, 6) is -2.45. The summed E-state index contributed by atoms with van der Waals surface area (Å²) in [6.07, 6.45) is -2.92. The average Bonchev–Trinajstić information content (AvgIpc) is 2.64. The maximum atomic E-state index is 12.2. The lowest BCUT2D eigenvalue weighted by atomic mass is 10.3. The third-order valence-corrected chi connectivity index (χ3v) is 3.30. The number of hydrogen-bond donors (Lipinski definition) is 2. The molecule has 2 rings (SSSR count). The molecule has 0 aliphatic carbocycles. The zero-order chi connectivity index (χ0) is 13.3. The lowest BCUT2D eigenvalue weighted by Gasteiger charge is -2.05. The highest BCUT2D eigenvalue weighted by Crippen LogP contribution is 2.34. The second kappa shape index (κ2) is 4.52. The standard InChI is InChI=1S/C10H7F3N2O2S/c11-10(12,13)4-18-7-5-2-1-3-14-8(5)15-6(7)9(16)17/h1-3H,4H2,(H,14,15)(H,16,17). The molecule has 2 N–H and O–H groups in total. The minimum atomic E-state index is -4.35. The lowest BCUT2D eigenvalue weighted by molar-refractivity contribution is -0.105. The number of carboxylic acids is 1. The Bertz CT molecular complexity index is 594. The Morgan fingerprint density at radius 3 is 2.83 bits per heavy atom. The van der Waals surface area contributed by atoms with Gasteiger partial charge < -0.3 is 10.1 Å². The fraction of sp³-hybridized carbons (Fsp3) is 0.200. The van der Waals surface area contributed by atoms with Crippen LogP contribution in [0.25, 0.3) is 11.0 Å². The van der Waals surface area contributed by atoms with Gasteiger partial charge >= 0.3 is 12.1 Å². The number of H-pyrrole nitrogens is 1. The first-order chi connectivity index (χ1) is 8.38. The summed E-state index contributed by atoms with van der Waals surface area (Å²) in [7, 11) is 0. The van der Waals surface area contributed by atoms with E-state index >= 15 is 0 Å². The van der Waals surface area contributed by atoms with Crippen LogP contribution in [-0.4, -0.2) is 33.0 Å². The minimum absolute atomic E-state index is 0.0583. The molecule has 0 atom stereocenters. The summed E-state index contributed by atoms with van der Waals surface area (Å²) in [6, 6.07) is 3.07. The van der Waals surface area contributed by atoms with E-state index in [0.29, 0.717) is 17.1 Å². The van der Waals surface area contributed by atoms with Crippen LogP contribution in [0.4, 0.5) is 13.2 Å². The van der Waals surface area contributed by atoms with E-state index in [-0.39, 0.29) is 16.2 Å². The molecular weight excluding hydrogens is 269 g/mol. The smallest absolute Gasteiger partial charge is 0.398 e. The second-order valence-corrected chi connectivity index (χ2v) is 4.42. The van der Waals surface area contributed by atoms with Crippen molar-refractivity contribution >= 4 is 28.8 Å². The Morgan fingerprint density at radius 1 is 1.50 bits per heavy atom. The van der Waals surface area contributed by atoms with Crippen molar-refractivity contribution in [3.05, 3.63) is 24.0 Å². The van der Waals surface area contributed by atoms with Crippen LogP contribution in [0.2, 0.25) is 0 Å². The quantitative estimate of drug-likeness (QED) is 0.846. The second-order valence-electron chi connectivity index (χ2n) is 3.44. The number of carbonyl (C=O) groups is 1. The number of thioether (sulfide) groups is 1. The number of fused-ring (bicyclic) bond motifs is 1. The lowest BCUT2D eigenvalue weighted by Crippen LogP contribution is -2.11. The summed E-state index contributed by atoms with van der Waals surface area (Å²) in [5.41, 5.74) is -0.00229. The first-order valence-corrected chi connectivity index (χ1v) is 5.76. The number of nitrogens with one attached hydrogen (secondary N) is 1. The van der Waals surface area contributed by atoms with E-state index in [2.05, 4.69) is 9.97 Å². The molecule has 4 nitrogen and oxygen atoms in total. The molecule has 96 valence electrons. The van der Waals surface area contributed by atoms with Crippen molar-refractivity contribution < 1.29 is 23.1 Å². The van der Waals surface area contributed by atoms with Crippen molar-refractivity contribution in [1.29, 1.82) is 0 Å². The molecule has 0 amide bonds. The van der Waals surface area contributed by atoms with Gasteiger partial charge in [-0.2, -0.15) is 13.2 Å². The summed E-state index contributed by atoms with van der Waals surface area (Å²) >= 11 is 0.441. The van der Waals surface area contributed by atoms with Crippen LogP contribution in [0.1, 0.15) is 10.5 Å². The van der Waals surface area contributed by atoms with E-state index in [0.717, 1.165) is 0 Å². The largest absolute Gasteiger partial charge is 0.477 e. The summed E-state index contributed by atoms with van der Waals surface area (Å²) in [4.78, 5) is 17.4. The predicted molar refractivity (Wildman–Crippen MR) is 59.8 cm³/mol. The Hall–Kier alpha value is -1.70. The van der Waals surface area contributed by atoms with Gasteiger partial charge in [-0.15, -0.1) is 11.8 Å². The number of aromatic carboxylic acids is 1. The van der Waals surface area contributed by atoms with Gasteiger partial charge in [0.25, 0.3) is 0 Å². The van der Waals surface area contributed by atoms with Crippen LogP contribution in [0.5, 0.6) is 0 Å². The average molecular weight is 276 g/mol. The highest BCUT2D eigenvalue weighted by Gasteiger charge is 2.29. The molecule has 2 aromatic heterocycles. The fourth-order valence-corrected chi connectivity index (χ4v) is 2.36. The molecule has 0 aliphatic rings.